The average Bonchev–Trinajstić information content (AvgIpc) is 3.26. The highest BCUT2D eigenvalue weighted by atomic mass is 16.6. The number of nitro groups is 1. The molecule has 4 N–H and O–H groups in total. The lowest BCUT2D eigenvalue weighted by atomic mass is 9.44. The van der Waals surface area contributed by atoms with Crippen LogP contribution in [0.5, 0.6) is 0 Å². The van der Waals surface area contributed by atoms with Crippen LogP contribution in [-0.4, -0.2) is 110 Å². The third-order valence-corrected chi connectivity index (χ3v) is 13.8. The lowest BCUT2D eigenvalue weighted by Crippen LogP contribution is -2.82. The molecule has 7 rings (SSSR count). The first kappa shape index (κ1) is 46.6. The molecule has 1 amide bonds. The van der Waals surface area contributed by atoms with Crippen LogP contribution in [0.15, 0.2) is 96.1 Å². The maximum absolute atomic E-state index is 15.5. The van der Waals surface area contributed by atoms with Gasteiger partial charge < -0.3 is 44.3 Å². The number of rotatable bonds is 11. The summed E-state index contributed by atoms with van der Waals surface area (Å²) < 4.78 is 30.1. The number of aliphatic hydroxyl groups is 3. The average molecular weight is 899 g/mol. The van der Waals surface area contributed by atoms with Gasteiger partial charge in [0, 0.05) is 49.8 Å². The van der Waals surface area contributed by atoms with E-state index in [4.69, 9.17) is 23.7 Å². The van der Waals surface area contributed by atoms with Crippen LogP contribution in [0, 0.1) is 26.9 Å². The summed E-state index contributed by atoms with van der Waals surface area (Å²) in [5, 5.41) is 51.7. The second-order valence-electron chi connectivity index (χ2n) is 17.8. The number of esters is 4. The van der Waals surface area contributed by atoms with E-state index in [-0.39, 0.29) is 41.0 Å². The number of benzene rings is 3. The van der Waals surface area contributed by atoms with Crippen molar-refractivity contribution < 1.29 is 72.7 Å². The number of carbonyl (C=O) groups excluding carboxylic acids is 6. The largest absolute Gasteiger partial charge is 0.456 e. The lowest BCUT2D eigenvalue weighted by molar-refractivity contribution is -0.384. The normalized spacial score (nSPS) is 30.9. The van der Waals surface area contributed by atoms with Gasteiger partial charge in [0.25, 0.3) is 11.6 Å². The van der Waals surface area contributed by atoms with Gasteiger partial charge in [0.15, 0.2) is 23.6 Å². The lowest BCUT2D eigenvalue weighted by Gasteiger charge is -2.67. The summed E-state index contributed by atoms with van der Waals surface area (Å²) in [6.45, 7) is 7.56. The number of amides is 1. The van der Waals surface area contributed by atoms with Crippen molar-refractivity contribution in [1.29, 1.82) is 0 Å². The number of carbonyl (C=O) groups is 6. The molecule has 3 fully saturated rings. The Bertz CT molecular complexity index is 2440. The summed E-state index contributed by atoms with van der Waals surface area (Å²) in [5.41, 5.74) is -8.27. The van der Waals surface area contributed by atoms with Gasteiger partial charge in [0.05, 0.1) is 40.6 Å². The number of hydrogen-bond donors (Lipinski definition) is 4. The third-order valence-electron chi connectivity index (χ3n) is 13.8. The van der Waals surface area contributed by atoms with Crippen LogP contribution in [0.25, 0.3) is 0 Å². The van der Waals surface area contributed by atoms with E-state index in [1.807, 2.05) is 0 Å². The van der Waals surface area contributed by atoms with Crippen molar-refractivity contribution in [3.63, 3.8) is 0 Å². The van der Waals surface area contributed by atoms with E-state index in [2.05, 4.69) is 5.32 Å². The van der Waals surface area contributed by atoms with Crippen molar-refractivity contribution in [2.24, 2.45) is 16.7 Å². The number of ether oxygens (including phenoxy) is 5. The molecule has 3 aromatic carbocycles. The van der Waals surface area contributed by atoms with Gasteiger partial charge in [-0.1, -0.05) is 62.4 Å². The highest BCUT2D eigenvalue weighted by Crippen LogP contribution is 2.64. The van der Waals surface area contributed by atoms with E-state index in [1.54, 1.807) is 48.5 Å². The topological polar surface area (TPSA) is 264 Å². The fourth-order valence-electron chi connectivity index (χ4n) is 10.3. The Kier molecular flexibility index (Phi) is 12.4. The van der Waals surface area contributed by atoms with Gasteiger partial charge in [-0.25, -0.2) is 9.59 Å². The monoisotopic (exact) mass is 898 g/mol. The van der Waals surface area contributed by atoms with Crippen molar-refractivity contribution >= 4 is 41.3 Å². The zero-order valence-corrected chi connectivity index (χ0v) is 36.4. The zero-order valence-electron chi connectivity index (χ0n) is 36.4. The number of fused-ring (bicyclic) bond motifs is 5. The second-order valence-corrected chi connectivity index (χ2v) is 17.8. The molecule has 2 saturated carbocycles. The maximum Gasteiger partial charge on any atom is 0.338 e. The molecule has 18 nitrogen and oxygen atoms in total. The van der Waals surface area contributed by atoms with Crippen molar-refractivity contribution in [2.75, 3.05) is 6.61 Å². The first-order valence-corrected chi connectivity index (χ1v) is 21.0. The van der Waals surface area contributed by atoms with Gasteiger partial charge in [-0.3, -0.25) is 29.3 Å². The number of nitrogens with one attached hydrogen (secondary N) is 1. The predicted octanol–water partition coefficient (Wildman–Crippen LogP) is 3.64. The summed E-state index contributed by atoms with van der Waals surface area (Å²) in [6, 6.07) is 19.2. The van der Waals surface area contributed by atoms with Gasteiger partial charge in [-0.15, -0.1) is 0 Å². The molecule has 2 bridgehead atoms. The molecule has 4 aliphatic rings. The first-order valence-electron chi connectivity index (χ1n) is 21.0. The van der Waals surface area contributed by atoms with Crippen molar-refractivity contribution in [3.05, 3.63) is 123 Å². The fraction of sp³-hybridized carbons (Fsp3) is 0.447. The van der Waals surface area contributed by atoms with Gasteiger partial charge in [-0.05, 0) is 54.8 Å². The molecule has 3 aliphatic carbocycles. The minimum Gasteiger partial charge on any atom is -0.456 e. The highest BCUT2D eigenvalue weighted by molar-refractivity contribution is 5.96. The number of hydrogen-bond acceptors (Lipinski definition) is 16. The van der Waals surface area contributed by atoms with Gasteiger partial charge in [0.1, 0.15) is 23.9 Å². The SMILES string of the molecule is CC(=O)O[C@H]1C(=O)[C@@]2(C)[C@H]([C@H](OC(=O)c3ccc([N+](=O)[O-])cc3)[C@]3(O)C[C@H](OC(=O)[C@H](O)[C@@H](NC(=O)c4ccccc4)c4ccccc4)C(C)=C1C3(C)C)[C@]1(OC(C)=O)CO[C@@H]1C[C@@H]2O. The minimum absolute atomic E-state index is 0.0764. The Hall–Kier alpha value is -6.34. The smallest absolute Gasteiger partial charge is 0.338 e. The molecule has 11 atom stereocenters. The molecule has 1 aliphatic heterocycles. The molecule has 0 radical (unpaired) electrons. The Balaban J connectivity index is 1.39. The van der Waals surface area contributed by atoms with Crippen molar-refractivity contribution in [3.8, 4) is 0 Å². The molecule has 1 heterocycles. The number of nitrogens with zero attached hydrogens (tertiary/aromatic N) is 1. The third kappa shape index (κ3) is 7.87. The number of Topliss-reactive ketones (excluding diaryl/α,β-unsaturated/α-hetero) is 1. The summed E-state index contributed by atoms with van der Waals surface area (Å²) in [4.78, 5) is 94.5. The highest BCUT2D eigenvalue weighted by Gasteiger charge is 2.78. The second kappa shape index (κ2) is 17.2. The molecule has 344 valence electrons. The summed E-state index contributed by atoms with van der Waals surface area (Å²) in [6.07, 6.45) is -11.2. The van der Waals surface area contributed by atoms with E-state index >= 15 is 4.79 Å². The Labute approximate surface area is 373 Å². The Morgan fingerprint density at radius 2 is 1.49 bits per heavy atom. The number of nitro benzene ring substituents is 1. The van der Waals surface area contributed by atoms with Crippen LogP contribution in [-0.2, 0) is 42.9 Å². The number of non-ortho nitro benzene ring substituents is 1. The summed E-state index contributed by atoms with van der Waals surface area (Å²) in [7, 11) is 0. The van der Waals surface area contributed by atoms with Crippen molar-refractivity contribution in [1.82, 2.24) is 5.32 Å². The van der Waals surface area contributed by atoms with E-state index in [1.165, 1.54) is 39.8 Å². The zero-order chi connectivity index (χ0) is 47.4. The van der Waals surface area contributed by atoms with Crippen LogP contribution in [0.2, 0.25) is 0 Å². The number of aliphatic hydroxyl groups excluding tert-OH is 2. The van der Waals surface area contributed by atoms with Crippen LogP contribution in [0.3, 0.4) is 0 Å². The van der Waals surface area contributed by atoms with Gasteiger partial charge >= 0.3 is 23.9 Å². The molecule has 1 saturated heterocycles. The van der Waals surface area contributed by atoms with Crippen LogP contribution < -0.4 is 5.32 Å². The molecular weight excluding hydrogens is 849 g/mol. The Morgan fingerprint density at radius 1 is 0.877 bits per heavy atom. The summed E-state index contributed by atoms with van der Waals surface area (Å²) >= 11 is 0. The molecule has 65 heavy (non-hydrogen) atoms. The number of ketones is 1. The Morgan fingerprint density at radius 3 is 2.05 bits per heavy atom. The standard InChI is InChI=1S/C47H50N2O16/c1-24-31(63-43(57)36(53)35(27-13-9-7-10-14-27)48-41(55)28-15-11-8-12-16-28)22-47(58)40(64-42(56)29-17-19-30(20-18-29)49(59)60)38-45(6,32(52)21-33-46(38,23-61-33)65-26(3)51)39(54)37(62-25(2)50)34(24)44(47,4)5/h7-20,31-33,35-38,40,52-53,58H,21-23H2,1-6H3,(H,48,55)/t31-,32-,33+,35-,36+,37+,38-,40-,45+,46-,47+/m0/s1. The van der Waals surface area contributed by atoms with E-state index in [0.29, 0.717) is 5.56 Å². The molecule has 0 aromatic heterocycles. The van der Waals surface area contributed by atoms with Crippen LogP contribution in [0.4, 0.5) is 5.69 Å². The quantitative estimate of drug-likeness (QED) is 0.0704. The molecule has 0 unspecified atom stereocenters. The summed E-state index contributed by atoms with van der Waals surface area (Å²) in [5.74, 6) is -7.44. The van der Waals surface area contributed by atoms with E-state index in [0.717, 1.165) is 38.1 Å². The van der Waals surface area contributed by atoms with E-state index < -0.39 is 118 Å². The van der Waals surface area contributed by atoms with Crippen LogP contribution in [0.1, 0.15) is 86.7 Å². The van der Waals surface area contributed by atoms with Gasteiger partial charge in [-0.2, -0.15) is 0 Å². The van der Waals surface area contributed by atoms with Crippen LogP contribution >= 0.6 is 0 Å². The predicted molar refractivity (Wildman–Crippen MR) is 224 cm³/mol. The molecule has 18 heteroatoms. The molecule has 0 spiro atoms. The van der Waals surface area contributed by atoms with Crippen molar-refractivity contribution in [2.45, 2.75) is 108 Å². The maximum atomic E-state index is 15.5. The first-order chi connectivity index (χ1) is 30.6. The minimum atomic E-state index is -2.51. The fourth-order valence-corrected chi connectivity index (χ4v) is 10.3. The molecule has 3 aromatic rings. The van der Waals surface area contributed by atoms with Gasteiger partial charge in [0.2, 0.25) is 0 Å². The molecular formula is C47H50N2O16. The van der Waals surface area contributed by atoms with E-state index in [9.17, 15) is 49.4 Å².